The molecule has 0 spiro atoms. The van der Waals surface area contributed by atoms with Crippen LogP contribution in [-0.4, -0.2) is 22.1 Å². The van der Waals surface area contributed by atoms with Gasteiger partial charge in [-0.1, -0.05) is 6.92 Å². The van der Waals surface area contributed by atoms with Gasteiger partial charge in [0.2, 0.25) is 0 Å². The number of nitrogens with one attached hydrogen (secondary N) is 2. The quantitative estimate of drug-likeness (QED) is 0.780. The summed E-state index contributed by atoms with van der Waals surface area (Å²) in [5.74, 6) is 1.15. The van der Waals surface area contributed by atoms with Crippen molar-refractivity contribution in [2.45, 2.75) is 57.4 Å². The van der Waals surface area contributed by atoms with Crippen molar-refractivity contribution in [1.82, 2.24) is 15.5 Å². The fourth-order valence-corrected chi connectivity index (χ4v) is 2.88. The molecule has 5 heteroatoms. The van der Waals surface area contributed by atoms with Crippen molar-refractivity contribution < 1.29 is 4.79 Å². The second-order valence-corrected chi connectivity index (χ2v) is 6.10. The first kappa shape index (κ1) is 12.5. The number of nitrogens with two attached hydrogens (primary N) is 1. The van der Waals surface area contributed by atoms with Crippen molar-refractivity contribution in [3.8, 4) is 0 Å². The Morgan fingerprint density at radius 1 is 1.26 bits per heavy atom. The molecule has 1 amide bonds. The lowest BCUT2D eigenvalue weighted by atomic mass is 9.87. The molecule has 1 aromatic rings. The highest BCUT2D eigenvalue weighted by Crippen LogP contribution is 2.42. The molecule has 0 atom stereocenters. The van der Waals surface area contributed by atoms with Gasteiger partial charge in [-0.3, -0.25) is 9.89 Å². The topological polar surface area (TPSA) is 83.8 Å². The van der Waals surface area contributed by atoms with Crippen LogP contribution >= 0.6 is 0 Å². The maximum absolute atomic E-state index is 12.2. The highest BCUT2D eigenvalue weighted by Gasteiger charge is 2.31. The van der Waals surface area contributed by atoms with E-state index in [-0.39, 0.29) is 11.9 Å². The minimum Gasteiger partial charge on any atom is -0.395 e. The summed E-state index contributed by atoms with van der Waals surface area (Å²) in [4.78, 5) is 12.2. The number of nitrogen functional groups attached to an aromatic ring is 1. The fourth-order valence-electron chi connectivity index (χ4n) is 2.88. The first-order valence-corrected chi connectivity index (χ1v) is 7.29. The molecule has 3 rings (SSSR count). The Morgan fingerprint density at radius 3 is 2.58 bits per heavy atom. The van der Waals surface area contributed by atoms with Crippen molar-refractivity contribution in [2.24, 2.45) is 5.92 Å². The minimum atomic E-state index is -0.125. The van der Waals surface area contributed by atoms with Gasteiger partial charge in [-0.05, 0) is 44.4 Å². The van der Waals surface area contributed by atoms with Gasteiger partial charge in [0, 0.05) is 12.0 Å². The Labute approximate surface area is 113 Å². The van der Waals surface area contributed by atoms with Crippen molar-refractivity contribution in [2.75, 3.05) is 5.73 Å². The first-order chi connectivity index (χ1) is 9.15. The van der Waals surface area contributed by atoms with Gasteiger partial charge in [0.05, 0.1) is 11.4 Å². The summed E-state index contributed by atoms with van der Waals surface area (Å²) >= 11 is 0. The number of rotatable bonds is 3. The van der Waals surface area contributed by atoms with Gasteiger partial charge in [0.15, 0.2) is 5.69 Å². The van der Waals surface area contributed by atoms with Gasteiger partial charge in [-0.25, -0.2) is 0 Å². The van der Waals surface area contributed by atoms with E-state index in [1.54, 1.807) is 0 Å². The van der Waals surface area contributed by atoms with E-state index in [0.29, 0.717) is 17.3 Å². The minimum absolute atomic E-state index is 0.125. The summed E-state index contributed by atoms with van der Waals surface area (Å²) in [6.07, 6.45) is 6.80. The third-order valence-electron chi connectivity index (χ3n) is 4.39. The average molecular weight is 262 g/mol. The van der Waals surface area contributed by atoms with Gasteiger partial charge in [-0.15, -0.1) is 0 Å². The van der Waals surface area contributed by atoms with Crippen molar-refractivity contribution in [1.29, 1.82) is 0 Å². The number of anilines is 1. The Kier molecular flexibility index (Phi) is 3.21. The molecule has 0 aromatic carbocycles. The molecule has 0 unspecified atom stereocenters. The van der Waals surface area contributed by atoms with E-state index in [1.807, 2.05) is 0 Å². The van der Waals surface area contributed by atoms with Crippen LogP contribution in [0.4, 0.5) is 5.69 Å². The van der Waals surface area contributed by atoms with Gasteiger partial charge >= 0.3 is 0 Å². The highest BCUT2D eigenvalue weighted by molar-refractivity contribution is 5.97. The van der Waals surface area contributed by atoms with Gasteiger partial charge in [0.25, 0.3) is 5.91 Å². The van der Waals surface area contributed by atoms with Crippen LogP contribution in [0.3, 0.4) is 0 Å². The van der Waals surface area contributed by atoms with Crippen LogP contribution in [0.5, 0.6) is 0 Å². The van der Waals surface area contributed by atoms with Crippen LogP contribution in [-0.2, 0) is 0 Å². The predicted molar refractivity (Wildman–Crippen MR) is 73.9 cm³/mol. The van der Waals surface area contributed by atoms with Crippen LogP contribution in [0.15, 0.2) is 0 Å². The van der Waals surface area contributed by atoms with E-state index < -0.39 is 0 Å². The summed E-state index contributed by atoms with van der Waals surface area (Å²) in [7, 11) is 0. The molecule has 2 aliphatic rings. The molecule has 2 saturated carbocycles. The van der Waals surface area contributed by atoms with Gasteiger partial charge < -0.3 is 11.1 Å². The first-order valence-electron chi connectivity index (χ1n) is 7.29. The zero-order valence-corrected chi connectivity index (χ0v) is 11.4. The Bertz CT molecular complexity index is 470. The number of hydrogen-bond acceptors (Lipinski definition) is 3. The zero-order valence-electron chi connectivity index (χ0n) is 11.4. The standard InChI is InChI=1S/C14H22N4O/c1-8-2-6-10(7-3-8)16-14(19)13-11(15)12(17-18-13)9-4-5-9/h8-10H,2-7,15H2,1H3,(H,16,19)(H,17,18). The molecule has 19 heavy (non-hydrogen) atoms. The molecule has 0 radical (unpaired) electrons. The number of aromatic nitrogens is 2. The summed E-state index contributed by atoms with van der Waals surface area (Å²) in [6, 6.07) is 0.282. The monoisotopic (exact) mass is 262 g/mol. The number of carbonyl (C=O) groups excluding carboxylic acids is 1. The SMILES string of the molecule is CC1CCC(NC(=O)c2n[nH]c(C3CC3)c2N)CC1. The number of amides is 1. The van der Waals surface area contributed by atoms with E-state index in [4.69, 9.17) is 5.73 Å². The molecule has 0 bridgehead atoms. The van der Waals surface area contributed by atoms with E-state index in [0.717, 1.165) is 37.3 Å². The molecule has 1 heterocycles. The van der Waals surface area contributed by atoms with E-state index in [1.165, 1.54) is 12.8 Å². The lowest BCUT2D eigenvalue weighted by Gasteiger charge is -2.26. The number of nitrogens with zero attached hydrogens (tertiary/aromatic N) is 1. The molecule has 2 aliphatic carbocycles. The van der Waals surface area contributed by atoms with Crippen molar-refractivity contribution in [3.63, 3.8) is 0 Å². The molecular formula is C14H22N4O. The number of carbonyl (C=O) groups is 1. The van der Waals surface area contributed by atoms with Crippen LogP contribution in [0, 0.1) is 5.92 Å². The molecule has 1 aromatic heterocycles. The summed E-state index contributed by atoms with van der Waals surface area (Å²) in [6.45, 7) is 2.27. The predicted octanol–water partition coefficient (Wildman–Crippen LogP) is 2.18. The zero-order chi connectivity index (χ0) is 13.4. The fraction of sp³-hybridized carbons (Fsp3) is 0.714. The normalized spacial score (nSPS) is 27.2. The third kappa shape index (κ3) is 2.60. The second kappa shape index (κ2) is 4.87. The molecule has 4 N–H and O–H groups in total. The molecule has 104 valence electrons. The molecular weight excluding hydrogens is 240 g/mol. The highest BCUT2D eigenvalue weighted by atomic mass is 16.2. The van der Waals surface area contributed by atoms with Gasteiger partial charge in [0.1, 0.15) is 0 Å². The summed E-state index contributed by atoms with van der Waals surface area (Å²) in [5, 5.41) is 10.1. The lowest BCUT2D eigenvalue weighted by Crippen LogP contribution is -2.37. The summed E-state index contributed by atoms with van der Waals surface area (Å²) < 4.78 is 0. The largest absolute Gasteiger partial charge is 0.395 e. The van der Waals surface area contributed by atoms with E-state index in [2.05, 4.69) is 22.4 Å². The van der Waals surface area contributed by atoms with Gasteiger partial charge in [-0.2, -0.15) is 5.10 Å². The third-order valence-corrected chi connectivity index (χ3v) is 4.39. The Balaban J connectivity index is 1.63. The summed E-state index contributed by atoms with van der Waals surface area (Å²) in [5.41, 5.74) is 7.89. The lowest BCUT2D eigenvalue weighted by molar-refractivity contribution is 0.0919. The Morgan fingerprint density at radius 2 is 1.95 bits per heavy atom. The Hall–Kier alpha value is -1.52. The van der Waals surface area contributed by atoms with Crippen molar-refractivity contribution in [3.05, 3.63) is 11.4 Å². The van der Waals surface area contributed by atoms with E-state index in [9.17, 15) is 4.79 Å². The van der Waals surface area contributed by atoms with Crippen LogP contribution in [0.25, 0.3) is 0 Å². The molecule has 0 aliphatic heterocycles. The average Bonchev–Trinajstić information content (AvgIpc) is 3.15. The number of H-pyrrole nitrogens is 1. The van der Waals surface area contributed by atoms with Crippen LogP contribution in [0.2, 0.25) is 0 Å². The molecule has 5 nitrogen and oxygen atoms in total. The van der Waals surface area contributed by atoms with Crippen LogP contribution < -0.4 is 11.1 Å². The maximum Gasteiger partial charge on any atom is 0.274 e. The number of hydrogen-bond donors (Lipinski definition) is 3. The smallest absolute Gasteiger partial charge is 0.274 e. The second-order valence-electron chi connectivity index (χ2n) is 6.10. The van der Waals surface area contributed by atoms with Crippen molar-refractivity contribution >= 4 is 11.6 Å². The molecule has 0 saturated heterocycles. The maximum atomic E-state index is 12.2. The van der Waals surface area contributed by atoms with Crippen LogP contribution in [0.1, 0.15) is 67.5 Å². The number of aromatic amines is 1. The van der Waals surface area contributed by atoms with E-state index >= 15 is 0 Å². The molecule has 2 fully saturated rings.